The molecule has 0 aliphatic carbocycles. The third kappa shape index (κ3) is 7.39. The molecule has 9 heteroatoms. The van der Waals surface area contributed by atoms with Gasteiger partial charge in [-0.15, -0.1) is 0 Å². The smallest absolute Gasteiger partial charge is 0.257 e. The van der Waals surface area contributed by atoms with Crippen molar-refractivity contribution in [2.24, 2.45) is 5.92 Å². The Bertz CT molecular complexity index is 2050. The summed E-state index contributed by atoms with van der Waals surface area (Å²) in [5, 5.41) is 3.60. The topological polar surface area (TPSA) is 95.5 Å². The maximum atomic E-state index is 13.5. The third-order valence-electron chi connectivity index (χ3n) is 10.1. The van der Waals surface area contributed by atoms with E-state index in [2.05, 4.69) is 51.3 Å². The SMILES string of the molecule is CC(=O)CN1CCC(CCc2ccc(-c3ccc(N4CCc5cccc(C(=O)Nc6nc7ccccc7s6)c5C4)nc3C(C)=O)c(C)c2)CC1. The molecule has 0 unspecified atom stereocenters. The first-order valence-electron chi connectivity index (χ1n) is 17.6. The van der Waals surface area contributed by atoms with Crippen molar-refractivity contribution < 1.29 is 14.4 Å². The van der Waals surface area contributed by atoms with Crippen LogP contribution in [0.3, 0.4) is 0 Å². The molecule has 2 aliphatic rings. The lowest BCUT2D eigenvalue weighted by atomic mass is 9.89. The molecule has 0 bridgehead atoms. The molecule has 5 aromatic rings. The van der Waals surface area contributed by atoms with E-state index in [1.165, 1.54) is 16.9 Å². The highest BCUT2D eigenvalue weighted by atomic mass is 32.1. The van der Waals surface area contributed by atoms with Crippen LogP contribution in [0.5, 0.6) is 0 Å². The first kappa shape index (κ1) is 33.8. The summed E-state index contributed by atoms with van der Waals surface area (Å²) >= 11 is 1.46. The number of piperidine rings is 1. The zero-order valence-corrected chi connectivity index (χ0v) is 29.8. The average molecular weight is 686 g/mol. The molecule has 0 atom stereocenters. The van der Waals surface area contributed by atoms with Crippen molar-refractivity contribution in [3.8, 4) is 11.1 Å². The highest BCUT2D eigenvalue weighted by Gasteiger charge is 2.25. The van der Waals surface area contributed by atoms with Gasteiger partial charge in [-0.25, -0.2) is 9.97 Å². The Kier molecular flexibility index (Phi) is 9.88. The molecule has 2 aliphatic heterocycles. The summed E-state index contributed by atoms with van der Waals surface area (Å²) in [6.07, 6.45) is 5.23. The number of rotatable bonds is 10. The van der Waals surface area contributed by atoms with Gasteiger partial charge in [0.2, 0.25) is 0 Å². The Morgan fingerprint density at radius 2 is 1.70 bits per heavy atom. The molecule has 0 saturated carbocycles. The van der Waals surface area contributed by atoms with Crippen molar-refractivity contribution in [2.75, 3.05) is 36.4 Å². The van der Waals surface area contributed by atoms with Gasteiger partial charge in [0.15, 0.2) is 10.9 Å². The van der Waals surface area contributed by atoms with E-state index in [0.717, 1.165) is 95.6 Å². The van der Waals surface area contributed by atoms with Gasteiger partial charge in [-0.05, 0) is 123 Å². The summed E-state index contributed by atoms with van der Waals surface area (Å²) in [4.78, 5) is 52.0. The number of hydrogen-bond acceptors (Lipinski definition) is 8. The molecule has 1 amide bonds. The maximum absolute atomic E-state index is 13.5. The molecule has 0 spiro atoms. The van der Waals surface area contributed by atoms with Crippen LogP contribution in [0.2, 0.25) is 0 Å². The molecule has 1 N–H and O–H groups in total. The minimum absolute atomic E-state index is 0.0743. The first-order chi connectivity index (χ1) is 24.2. The number of thiazole rings is 1. The quantitative estimate of drug-likeness (QED) is 0.149. The van der Waals surface area contributed by atoms with Gasteiger partial charge in [0, 0.05) is 31.1 Å². The van der Waals surface area contributed by atoms with Crippen molar-refractivity contribution in [2.45, 2.75) is 59.4 Å². The van der Waals surface area contributed by atoms with E-state index in [1.54, 1.807) is 13.8 Å². The fourth-order valence-electron chi connectivity index (χ4n) is 7.49. The second kappa shape index (κ2) is 14.6. The lowest BCUT2D eigenvalue weighted by Crippen LogP contribution is -2.36. The number of aromatic nitrogens is 2. The Balaban J connectivity index is 1.05. The number of para-hydroxylation sites is 1. The number of Topliss-reactive ketones (excluding diaryl/α,β-unsaturated/α-hetero) is 2. The van der Waals surface area contributed by atoms with Crippen LogP contribution in [-0.2, 0) is 24.2 Å². The number of ketones is 2. The number of carbonyl (C=O) groups excluding carboxylic acids is 3. The second-order valence-electron chi connectivity index (χ2n) is 13.8. The van der Waals surface area contributed by atoms with Gasteiger partial charge in [0.25, 0.3) is 5.91 Å². The number of amides is 1. The number of carbonyl (C=O) groups is 3. The van der Waals surface area contributed by atoms with Crippen LogP contribution >= 0.6 is 11.3 Å². The van der Waals surface area contributed by atoms with Crippen LogP contribution in [0.25, 0.3) is 21.3 Å². The van der Waals surface area contributed by atoms with Gasteiger partial charge in [0.1, 0.15) is 17.3 Å². The van der Waals surface area contributed by atoms with E-state index in [1.807, 2.05) is 48.5 Å². The van der Waals surface area contributed by atoms with Gasteiger partial charge < -0.3 is 4.90 Å². The molecular formula is C41H43N5O3S. The van der Waals surface area contributed by atoms with E-state index in [0.29, 0.717) is 35.4 Å². The standard InChI is InChI=1S/C41H43N5O3S/c1-26-23-30(12-11-29-17-20-45(21-18-29)24-27(2)47)13-14-32(26)33-15-16-38(43-39(33)28(3)48)46-22-19-31-7-6-8-34(35(31)25-46)40(49)44-41-42-36-9-4-5-10-37(36)50-41/h4-10,13-16,23,29H,11-12,17-22,24-25H2,1-3H3,(H,42,44,49). The minimum atomic E-state index is -0.176. The summed E-state index contributed by atoms with van der Waals surface area (Å²) < 4.78 is 1.03. The molecule has 256 valence electrons. The van der Waals surface area contributed by atoms with E-state index >= 15 is 0 Å². The minimum Gasteiger partial charge on any atom is -0.352 e. The second-order valence-corrected chi connectivity index (χ2v) is 14.8. The number of benzene rings is 3. The van der Waals surface area contributed by atoms with Crippen molar-refractivity contribution >= 4 is 50.0 Å². The number of likely N-dealkylation sites (tertiary alicyclic amines) is 1. The van der Waals surface area contributed by atoms with Crippen molar-refractivity contribution in [3.63, 3.8) is 0 Å². The molecule has 50 heavy (non-hydrogen) atoms. The fourth-order valence-corrected chi connectivity index (χ4v) is 8.35. The lowest BCUT2D eigenvalue weighted by molar-refractivity contribution is -0.118. The molecule has 8 nitrogen and oxygen atoms in total. The summed E-state index contributed by atoms with van der Waals surface area (Å²) in [5.74, 6) is 1.41. The average Bonchev–Trinajstić information content (AvgIpc) is 3.53. The molecule has 3 aromatic carbocycles. The highest BCUT2D eigenvalue weighted by Crippen LogP contribution is 2.33. The number of fused-ring (bicyclic) bond motifs is 2. The summed E-state index contributed by atoms with van der Waals surface area (Å²) in [6.45, 7) is 9.20. The van der Waals surface area contributed by atoms with Crippen LogP contribution in [0.15, 0.2) is 72.8 Å². The maximum Gasteiger partial charge on any atom is 0.257 e. The van der Waals surface area contributed by atoms with Gasteiger partial charge in [0.05, 0.1) is 16.8 Å². The van der Waals surface area contributed by atoms with Crippen molar-refractivity contribution in [1.82, 2.24) is 14.9 Å². The number of pyridine rings is 1. The molecule has 2 aromatic heterocycles. The monoisotopic (exact) mass is 685 g/mol. The van der Waals surface area contributed by atoms with Crippen molar-refractivity contribution in [1.29, 1.82) is 0 Å². The Labute approximate surface area is 297 Å². The molecule has 1 fully saturated rings. The molecule has 1 saturated heterocycles. The lowest BCUT2D eigenvalue weighted by Gasteiger charge is -2.31. The fraction of sp³-hybridized carbons (Fsp3) is 0.341. The number of hydrogen-bond donors (Lipinski definition) is 1. The first-order valence-corrected chi connectivity index (χ1v) is 18.4. The Morgan fingerprint density at radius 1 is 0.900 bits per heavy atom. The van der Waals surface area contributed by atoms with Gasteiger partial charge >= 0.3 is 0 Å². The normalized spacial score (nSPS) is 15.2. The van der Waals surface area contributed by atoms with Gasteiger partial charge in [-0.3, -0.25) is 24.6 Å². The highest BCUT2D eigenvalue weighted by molar-refractivity contribution is 7.22. The van der Waals surface area contributed by atoms with Crippen LogP contribution in [-0.4, -0.2) is 58.5 Å². The predicted molar refractivity (Wildman–Crippen MR) is 201 cm³/mol. The van der Waals surface area contributed by atoms with E-state index < -0.39 is 0 Å². The molecule has 7 rings (SSSR count). The largest absolute Gasteiger partial charge is 0.352 e. The van der Waals surface area contributed by atoms with E-state index in [9.17, 15) is 14.4 Å². The Morgan fingerprint density at radius 3 is 2.46 bits per heavy atom. The van der Waals surface area contributed by atoms with Crippen LogP contribution in [0.1, 0.15) is 76.2 Å². The summed E-state index contributed by atoms with van der Waals surface area (Å²) in [7, 11) is 0. The van der Waals surface area contributed by atoms with Crippen LogP contribution < -0.4 is 10.2 Å². The number of aryl methyl sites for hydroxylation is 2. The van der Waals surface area contributed by atoms with Crippen LogP contribution in [0, 0.1) is 12.8 Å². The predicted octanol–water partition coefficient (Wildman–Crippen LogP) is 7.92. The Hall–Kier alpha value is -4.73. The zero-order valence-electron chi connectivity index (χ0n) is 29.0. The number of nitrogens with one attached hydrogen (secondary N) is 1. The summed E-state index contributed by atoms with van der Waals surface area (Å²) in [5.41, 5.74) is 8.38. The zero-order chi connectivity index (χ0) is 34.8. The van der Waals surface area contributed by atoms with E-state index in [4.69, 9.17) is 4.98 Å². The van der Waals surface area contributed by atoms with E-state index in [-0.39, 0.29) is 17.5 Å². The molecule has 4 heterocycles. The van der Waals surface area contributed by atoms with Gasteiger partial charge in [-0.1, -0.05) is 53.8 Å². The molecular weight excluding hydrogens is 643 g/mol. The van der Waals surface area contributed by atoms with Gasteiger partial charge in [-0.2, -0.15) is 0 Å². The number of nitrogens with zero attached hydrogens (tertiary/aromatic N) is 4. The summed E-state index contributed by atoms with van der Waals surface area (Å²) in [6, 6.07) is 24.4. The van der Waals surface area contributed by atoms with Crippen LogP contribution in [0.4, 0.5) is 10.9 Å². The number of anilines is 2. The van der Waals surface area contributed by atoms with Crippen molar-refractivity contribution in [3.05, 3.63) is 106 Å². The third-order valence-corrected chi connectivity index (χ3v) is 11.1. The molecule has 0 radical (unpaired) electrons.